The molecule has 2 heterocycles. The molecule has 5 heteroatoms. The van der Waals surface area contributed by atoms with E-state index >= 15 is 0 Å². The largest absolute Gasteiger partial charge is 0.373 e. The van der Waals surface area contributed by atoms with E-state index in [9.17, 15) is 0 Å². The zero-order chi connectivity index (χ0) is 9.97. The Balaban J connectivity index is 2.50. The molecule has 1 N–H and O–H groups in total. The van der Waals surface area contributed by atoms with E-state index in [2.05, 4.69) is 20.4 Å². The van der Waals surface area contributed by atoms with Gasteiger partial charge in [0.2, 0.25) is 11.7 Å². The number of anilines is 1. The van der Waals surface area contributed by atoms with Crippen LogP contribution in [0.1, 0.15) is 5.89 Å². The molecule has 72 valence electrons. The van der Waals surface area contributed by atoms with Crippen molar-refractivity contribution in [3.8, 4) is 11.4 Å². The maximum absolute atomic E-state index is 4.90. The van der Waals surface area contributed by atoms with Crippen LogP contribution in [0, 0.1) is 6.92 Å². The first kappa shape index (κ1) is 8.68. The molecule has 0 unspecified atom stereocenters. The fourth-order valence-corrected chi connectivity index (χ4v) is 1.19. The summed E-state index contributed by atoms with van der Waals surface area (Å²) in [6, 6.07) is 3.73. The fraction of sp³-hybridized carbons (Fsp3) is 0.222. The Morgan fingerprint density at radius 3 is 2.93 bits per heavy atom. The van der Waals surface area contributed by atoms with Crippen LogP contribution >= 0.6 is 0 Å². The summed E-state index contributed by atoms with van der Waals surface area (Å²) in [5.74, 6) is 1.85. The SMILES string of the molecule is CNc1ncccc1-c1noc(C)n1. The standard InChI is InChI=1S/C9H10N4O/c1-6-12-9(13-14-6)7-4-3-5-11-8(7)10-2/h3-5H,1-2H3,(H,10,11). The molecule has 0 aliphatic carbocycles. The van der Waals surface area contributed by atoms with Crippen molar-refractivity contribution in [3.05, 3.63) is 24.2 Å². The van der Waals surface area contributed by atoms with Gasteiger partial charge in [0.15, 0.2) is 0 Å². The highest BCUT2D eigenvalue weighted by Gasteiger charge is 2.09. The predicted octanol–water partition coefficient (Wildman–Crippen LogP) is 1.48. The highest BCUT2D eigenvalue weighted by atomic mass is 16.5. The van der Waals surface area contributed by atoms with Crippen molar-refractivity contribution < 1.29 is 4.52 Å². The second-order valence-electron chi connectivity index (χ2n) is 2.79. The summed E-state index contributed by atoms with van der Waals surface area (Å²) in [6.45, 7) is 1.76. The van der Waals surface area contributed by atoms with E-state index in [1.54, 1.807) is 20.2 Å². The summed E-state index contributed by atoms with van der Waals surface area (Å²) in [5, 5.41) is 6.80. The maximum Gasteiger partial charge on any atom is 0.223 e. The van der Waals surface area contributed by atoms with Crippen molar-refractivity contribution >= 4 is 5.82 Å². The van der Waals surface area contributed by atoms with E-state index in [-0.39, 0.29) is 0 Å². The molecule has 14 heavy (non-hydrogen) atoms. The van der Waals surface area contributed by atoms with Crippen LogP contribution in [0.4, 0.5) is 5.82 Å². The summed E-state index contributed by atoms with van der Waals surface area (Å²) >= 11 is 0. The number of hydrogen-bond acceptors (Lipinski definition) is 5. The Labute approximate surface area is 81.2 Å². The van der Waals surface area contributed by atoms with E-state index in [0.717, 1.165) is 11.4 Å². The molecule has 0 atom stereocenters. The van der Waals surface area contributed by atoms with Gasteiger partial charge < -0.3 is 9.84 Å². The molecule has 0 aliphatic rings. The first-order valence-corrected chi connectivity index (χ1v) is 4.24. The van der Waals surface area contributed by atoms with Crippen LogP contribution in [0.5, 0.6) is 0 Å². The van der Waals surface area contributed by atoms with Gasteiger partial charge in [-0.15, -0.1) is 0 Å². The monoisotopic (exact) mass is 190 g/mol. The first-order valence-electron chi connectivity index (χ1n) is 4.24. The van der Waals surface area contributed by atoms with Gasteiger partial charge in [-0.2, -0.15) is 4.98 Å². The Morgan fingerprint density at radius 2 is 2.29 bits per heavy atom. The normalized spacial score (nSPS) is 10.1. The Morgan fingerprint density at radius 1 is 1.43 bits per heavy atom. The van der Waals surface area contributed by atoms with Crippen LogP contribution < -0.4 is 5.32 Å². The van der Waals surface area contributed by atoms with Crippen LogP contribution in [0.15, 0.2) is 22.9 Å². The first-order chi connectivity index (χ1) is 6.81. The molecular weight excluding hydrogens is 180 g/mol. The van der Waals surface area contributed by atoms with Gasteiger partial charge in [-0.25, -0.2) is 4.98 Å². The molecule has 0 spiro atoms. The molecule has 2 aromatic rings. The average Bonchev–Trinajstić information content (AvgIpc) is 2.65. The van der Waals surface area contributed by atoms with Crippen molar-refractivity contribution in [2.45, 2.75) is 6.92 Å². The third kappa shape index (κ3) is 1.44. The van der Waals surface area contributed by atoms with E-state index in [1.807, 2.05) is 12.1 Å². The molecule has 0 amide bonds. The Kier molecular flexibility index (Phi) is 2.14. The van der Waals surface area contributed by atoms with Crippen LogP contribution in [-0.2, 0) is 0 Å². The van der Waals surface area contributed by atoms with Gasteiger partial charge in [0.1, 0.15) is 5.82 Å². The minimum absolute atomic E-state index is 0.547. The molecule has 2 aromatic heterocycles. The minimum Gasteiger partial charge on any atom is -0.373 e. The smallest absolute Gasteiger partial charge is 0.223 e. The molecular formula is C9H10N4O. The zero-order valence-electron chi connectivity index (χ0n) is 7.98. The number of hydrogen-bond donors (Lipinski definition) is 1. The van der Waals surface area contributed by atoms with Crippen LogP contribution in [0.2, 0.25) is 0 Å². The van der Waals surface area contributed by atoms with Gasteiger partial charge in [-0.1, -0.05) is 5.16 Å². The summed E-state index contributed by atoms with van der Waals surface area (Å²) in [6.07, 6.45) is 1.71. The zero-order valence-corrected chi connectivity index (χ0v) is 7.98. The Bertz CT molecular complexity index is 438. The predicted molar refractivity (Wildman–Crippen MR) is 51.8 cm³/mol. The van der Waals surface area contributed by atoms with E-state index in [0.29, 0.717) is 11.7 Å². The summed E-state index contributed by atoms with van der Waals surface area (Å²) in [7, 11) is 1.80. The van der Waals surface area contributed by atoms with Gasteiger partial charge in [0.25, 0.3) is 0 Å². The van der Waals surface area contributed by atoms with Gasteiger partial charge in [-0.3, -0.25) is 0 Å². The lowest BCUT2D eigenvalue weighted by Crippen LogP contribution is -1.95. The highest BCUT2D eigenvalue weighted by Crippen LogP contribution is 2.22. The molecule has 5 nitrogen and oxygen atoms in total. The van der Waals surface area contributed by atoms with Gasteiger partial charge in [0.05, 0.1) is 5.56 Å². The van der Waals surface area contributed by atoms with E-state index < -0.39 is 0 Å². The fourth-order valence-electron chi connectivity index (χ4n) is 1.19. The van der Waals surface area contributed by atoms with Gasteiger partial charge in [-0.05, 0) is 12.1 Å². The number of rotatable bonds is 2. The molecule has 0 bridgehead atoms. The average molecular weight is 190 g/mol. The van der Waals surface area contributed by atoms with Crippen LogP contribution in [-0.4, -0.2) is 22.2 Å². The third-order valence-electron chi connectivity index (χ3n) is 1.81. The van der Waals surface area contributed by atoms with Gasteiger partial charge >= 0.3 is 0 Å². The minimum atomic E-state index is 0.547. The number of pyridine rings is 1. The van der Waals surface area contributed by atoms with E-state index in [4.69, 9.17) is 4.52 Å². The number of nitrogens with zero attached hydrogens (tertiary/aromatic N) is 3. The molecule has 0 aliphatic heterocycles. The van der Waals surface area contributed by atoms with Crippen molar-refractivity contribution in [2.75, 3.05) is 12.4 Å². The molecule has 0 saturated heterocycles. The summed E-state index contributed by atoms with van der Waals surface area (Å²) in [4.78, 5) is 8.28. The number of nitrogens with one attached hydrogen (secondary N) is 1. The lowest BCUT2D eigenvalue weighted by molar-refractivity contribution is 0.394. The summed E-state index contributed by atoms with van der Waals surface area (Å²) < 4.78 is 4.90. The van der Waals surface area contributed by atoms with Crippen molar-refractivity contribution in [1.82, 2.24) is 15.1 Å². The molecule has 2 rings (SSSR count). The highest BCUT2D eigenvalue weighted by molar-refractivity contribution is 5.69. The second kappa shape index (κ2) is 3.45. The Hall–Kier alpha value is -1.91. The lowest BCUT2D eigenvalue weighted by Gasteiger charge is -2.02. The molecule has 0 aromatic carbocycles. The van der Waals surface area contributed by atoms with E-state index in [1.165, 1.54) is 0 Å². The quantitative estimate of drug-likeness (QED) is 0.777. The lowest BCUT2D eigenvalue weighted by atomic mass is 10.2. The third-order valence-corrected chi connectivity index (χ3v) is 1.81. The van der Waals surface area contributed by atoms with Crippen LogP contribution in [0.25, 0.3) is 11.4 Å². The molecule has 0 fully saturated rings. The van der Waals surface area contributed by atoms with Gasteiger partial charge in [0, 0.05) is 20.2 Å². The number of aryl methyl sites for hydroxylation is 1. The summed E-state index contributed by atoms with van der Waals surface area (Å²) in [5.41, 5.74) is 0.840. The molecule has 0 saturated carbocycles. The maximum atomic E-state index is 4.90. The van der Waals surface area contributed by atoms with Crippen LogP contribution in [0.3, 0.4) is 0 Å². The van der Waals surface area contributed by atoms with Crippen molar-refractivity contribution in [3.63, 3.8) is 0 Å². The molecule has 0 radical (unpaired) electrons. The number of aromatic nitrogens is 3. The second-order valence-corrected chi connectivity index (χ2v) is 2.79. The topological polar surface area (TPSA) is 63.8 Å². The van der Waals surface area contributed by atoms with Crippen molar-refractivity contribution in [2.24, 2.45) is 0 Å². The van der Waals surface area contributed by atoms with Crippen molar-refractivity contribution in [1.29, 1.82) is 0 Å².